The summed E-state index contributed by atoms with van der Waals surface area (Å²) in [6, 6.07) is 0.635. The topological polar surface area (TPSA) is 50.3 Å². The van der Waals surface area contributed by atoms with E-state index in [1.165, 1.54) is 49.9 Å². The minimum atomic E-state index is 0.635. The molecule has 3 heterocycles. The van der Waals surface area contributed by atoms with E-state index in [2.05, 4.69) is 20.2 Å². The van der Waals surface area contributed by atoms with Crippen LogP contribution in [0.4, 0.5) is 5.82 Å². The summed E-state index contributed by atoms with van der Waals surface area (Å²) in [7, 11) is 0. The highest BCUT2D eigenvalue weighted by Gasteiger charge is 2.24. The van der Waals surface area contributed by atoms with Crippen molar-refractivity contribution >= 4 is 5.82 Å². The molecule has 5 nitrogen and oxygen atoms in total. The van der Waals surface area contributed by atoms with Gasteiger partial charge < -0.3 is 15.0 Å². The lowest BCUT2D eigenvalue weighted by Gasteiger charge is -2.29. The van der Waals surface area contributed by atoms with Gasteiger partial charge in [0.25, 0.3) is 0 Å². The number of rotatable bonds is 4. The van der Waals surface area contributed by atoms with Gasteiger partial charge in [0.1, 0.15) is 12.1 Å². The summed E-state index contributed by atoms with van der Waals surface area (Å²) in [6.45, 7) is 5.37. The van der Waals surface area contributed by atoms with E-state index in [9.17, 15) is 0 Å². The second-order valence-corrected chi connectivity index (χ2v) is 7.28. The molecular weight excluding hydrogens is 288 g/mol. The van der Waals surface area contributed by atoms with Crippen LogP contribution >= 0.6 is 0 Å². The van der Waals surface area contributed by atoms with Crippen LogP contribution < -0.4 is 5.32 Å². The Balaban J connectivity index is 1.40. The van der Waals surface area contributed by atoms with Crippen molar-refractivity contribution in [2.75, 3.05) is 38.2 Å². The zero-order valence-corrected chi connectivity index (χ0v) is 14.0. The van der Waals surface area contributed by atoms with E-state index in [1.54, 1.807) is 6.33 Å². The fourth-order valence-corrected chi connectivity index (χ4v) is 3.92. The molecule has 0 amide bonds. The van der Waals surface area contributed by atoms with Crippen LogP contribution in [0.5, 0.6) is 0 Å². The number of nitrogens with zero attached hydrogens (tertiary/aromatic N) is 3. The summed E-state index contributed by atoms with van der Waals surface area (Å²) in [5, 5.41) is 3.64. The smallest absolute Gasteiger partial charge is 0.133 e. The molecule has 1 saturated carbocycles. The quantitative estimate of drug-likeness (QED) is 0.923. The van der Waals surface area contributed by atoms with Gasteiger partial charge in [0.15, 0.2) is 0 Å². The fourth-order valence-electron chi connectivity index (χ4n) is 3.92. The Morgan fingerprint density at radius 2 is 1.91 bits per heavy atom. The molecule has 3 aliphatic rings. The summed E-state index contributed by atoms with van der Waals surface area (Å²) < 4.78 is 5.49. The van der Waals surface area contributed by atoms with E-state index >= 15 is 0 Å². The third kappa shape index (κ3) is 3.66. The second-order valence-electron chi connectivity index (χ2n) is 7.28. The van der Waals surface area contributed by atoms with Gasteiger partial charge in [-0.05, 0) is 44.4 Å². The second kappa shape index (κ2) is 7.14. The van der Waals surface area contributed by atoms with Crippen molar-refractivity contribution < 1.29 is 4.74 Å². The molecule has 0 spiro atoms. The largest absolute Gasteiger partial charge is 0.381 e. The molecule has 2 fully saturated rings. The maximum absolute atomic E-state index is 5.49. The Morgan fingerprint density at radius 1 is 1.09 bits per heavy atom. The van der Waals surface area contributed by atoms with Crippen molar-refractivity contribution in [1.82, 2.24) is 14.9 Å². The van der Waals surface area contributed by atoms with Gasteiger partial charge in [0.05, 0.1) is 5.69 Å². The minimum Gasteiger partial charge on any atom is -0.381 e. The number of ether oxygens (including phenoxy) is 1. The van der Waals surface area contributed by atoms with E-state index < -0.39 is 0 Å². The van der Waals surface area contributed by atoms with E-state index in [0.29, 0.717) is 6.04 Å². The van der Waals surface area contributed by atoms with Gasteiger partial charge in [0, 0.05) is 50.9 Å². The SMILES string of the molecule is c1nc2c(c(NC3CCC3)n1)CCN(CC1CCOCC1)CC2. The lowest BCUT2D eigenvalue weighted by Crippen LogP contribution is -2.34. The summed E-state index contributed by atoms with van der Waals surface area (Å²) in [5.41, 5.74) is 2.63. The first kappa shape index (κ1) is 15.3. The highest BCUT2D eigenvalue weighted by Crippen LogP contribution is 2.27. The van der Waals surface area contributed by atoms with E-state index in [-0.39, 0.29) is 0 Å². The van der Waals surface area contributed by atoms with E-state index in [1.807, 2.05) is 0 Å². The highest BCUT2D eigenvalue weighted by atomic mass is 16.5. The molecule has 0 bridgehead atoms. The average Bonchev–Trinajstić information content (AvgIpc) is 2.75. The zero-order chi connectivity index (χ0) is 15.5. The Kier molecular flexibility index (Phi) is 4.76. The third-order valence-electron chi connectivity index (χ3n) is 5.68. The van der Waals surface area contributed by atoms with Gasteiger partial charge in [-0.3, -0.25) is 0 Å². The van der Waals surface area contributed by atoms with Crippen LogP contribution in [0.2, 0.25) is 0 Å². The van der Waals surface area contributed by atoms with Crippen LogP contribution in [0.1, 0.15) is 43.4 Å². The van der Waals surface area contributed by atoms with E-state index in [4.69, 9.17) is 4.74 Å². The number of anilines is 1. The number of nitrogens with one attached hydrogen (secondary N) is 1. The standard InChI is InChI=1S/C18H28N4O/c1-2-15(3-1)21-18-16-4-8-22(9-5-17(16)19-13-20-18)12-14-6-10-23-11-7-14/h13-15H,1-12H2,(H,19,20,21). The average molecular weight is 316 g/mol. The Hall–Kier alpha value is -1.20. The molecule has 1 N–H and O–H groups in total. The molecular formula is C18H28N4O. The number of hydrogen-bond acceptors (Lipinski definition) is 5. The van der Waals surface area contributed by atoms with Crippen molar-refractivity contribution in [3.63, 3.8) is 0 Å². The normalized spacial score (nSPS) is 23.8. The first-order valence-corrected chi connectivity index (χ1v) is 9.28. The molecule has 126 valence electrons. The van der Waals surface area contributed by atoms with Gasteiger partial charge in [-0.15, -0.1) is 0 Å². The van der Waals surface area contributed by atoms with Crippen molar-refractivity contribution in [2.45, 2.75) is 51.0 Å². The van der Waals surface area contributed by atoms with Crippen molar-refractivity contribution in [3.05, 3.63) is 17.6 Å². The van der Waals surface area contributed by atoms with Crippen LogP contribution in [0, 0.1) is 5.92 Å². The monoisotopic (exact) mass is 316 g/mol. The molecule has 0 aromatic carbocycles. The summed E-state index contributed by atoms with van der Waals surface area (Å²) in [4.78, 5) is 11.7. The summed E-state index contributed by atoms with van der Waals surface area (Å²) in [6.07, 6.45) is 10.2. The van der Waals surface area contributed by atoms with Crippen LogP contribution in [0.3, 0.4) is 0 Å². The van der Waals surface area contributed by atoms with Crippen LogP contribution in [0.15, 0.2) is 6.33 Å². The molecule has 5 heteroatoms. The maximum Gasteiger partial charge on any atom is 0.133 e. The molecule has 4 rings (SSSR count). The van der Waals surface area contributed by atoms with Gasteiger partial charge >= 0.3 is 0 Å². The van der Waals surface area contributed by atoms with Crippen molar-refractivity contribution in [2.24, 2.45) is 5.92 Å². The first-order valence-electron chi connectivity index (χ1n) is 9.28. The molecule has 1 aromatic rings. The highest BCUT2D eigenvalue weighted by molar-refractivity contribution is 5.47. The van der Waals surface area contributed by atoms with Crippen LogP contribution in [0.25, 0.3) is 0 Å². The lowest BCUT2D eigenvalue weighted by atomic mass is 9.93. The molecule has 1 saturated heterocycles. The first-order chi connectivity index (χ1) is 11.4. The van der Waals surface area contributed by atoms with E-state index in [0.717, 1.165) is 50.9 Å². The zero-order valence-electron chi connectivity index (χ0n) is 14.0. The molecule has 1 aliphatic carbocycles. The molecule has 0 atom stereocenters. The van der Waals surface area contributed by atoms with Gasteiger partial charge in [0.2, 0.25) is 0 Å². The lowest BCUT2D eigenvalue weighted by molar-refractivity contribution is 0.0530. The molecule has 2 aliphatic heterocycles. The Labute approximate surface area is 138 Å². The summed E-state index contributed by atoms with van der Waals surface area (Å²) >= 11 is 0. The molecule has 1 aromatic heterocycles. The predicted molar refractivity (Wildman–Crippen MR) is 90.7 cm³/mol. The summed E-state index contributed by atoms with van der Waals surface area (Å²) in [5.74, 6) is 1.91. The van der Waals surface area contributed by atoms with Gasteiger partial charge in [-0.25, -0.2) is 9.97 Å². The molecule has 23 heavy (non-hydrogen) atoms. The Morgan fingerprint density at radius 3 is 2.70 bits per heavy atom. The third-order valence-corrected chi connectivity index (χ3v) is 5.68. The fraction of sp³-hybridized carbons (Fsp3) is 0.778. The Bertz CT molecular complexity index is 526. The number of aromatic nitrogens is 2. The van der Waals surface area contributed by atoms with Crippen molar-refractivity contribution in [3.8, 4) is 0 Å². The minimum absolute atomic E-state index is 0.635. The van der Waals surface area contributed by atoms with Crippen molar-refractivity contribution in [1.29, 1.82) is 0 Å². The van der Waals surface area contributed by atoms with Crippen LogP contribution in [-0.4, -0.2) is 53.8 Å². The number of hydrogen-bond donors (Lipinski definition) is 1. The number of fused-ring (bicyclic) bond motifs is 1. The predicted octanol–water partition coefficient (Wildman–Crippen LogP) is 2.27. The molecule has 0 unspecified atom stereocenters. The van der Waals surface area contributed by atoms with Gasteiger partial charge in [-0.2, -0.15) is 0 Å². The molecule has 0 radical (unpaired) electrons. The van der Waals surface area contributed by atoms with Crippen LogP contribution in [-0.2, 0) is 17.6 Å². The van der Waals surface area contributed by atoms with Gasteiger partial charge in [-0.1, -0.05) is 0 Å². The maximum atomic E-state index is 5.49.